The summed E-state index contributed by atoms with van der Waals surface area (Å²) in [6.45, 7) is 4.17. The third-order valence-corrected chi connectivity index (χ3v) is 7.54. The number of rotatable bonds is 5. The molecule has 0 radical (unpaired) electrons. The highest BCUT2D eigenvalue weighted by Crippen LogP contribution is 2.61. The molecule has 3 aliphatic carbocycles. The van der Waals surface area contributed by atoms with E-state index in [1.165, 1.54) is 19.3 Å². The topological polar surface area (TPSA) is 57.5 Å². The lowest BCUT2D eigenvalue weighted by atomic mass is 9.43. The molecule has 3 saturated carbocycles. The van der Waals surface area contributed by atoms with E-state index in [2.05, 4.69) is 6.92 Å². The van der Waals surface area contributed by atoms with Gasteiger partial charge in [0.2, 0.25) is 0 Å². The predicted octanol–water partition coefficient (Wildman–Crippen LogP) is 3.71. The summed E-state index contributed by atoms with van der Waals surface area (Å²) in [6.07, 6.45) is 9.83. The number of fused-ring (bicyclic) bond motifs is 1. The minimum absolute atomic E-state index is 0.0988. The van der Waals surface area contributed by atoms with E-state index in [1.54, 1.807) is 0 Å². The molecule has 0 heterocycles. The maximum atomic E-state index is 12.5. The van der Waals surface area contributed by atoms with Crippen molar-refractivity contribution < 1.29 is 15.0 Å². The van der Waals surface area contributed by atoms with E-state index in [0.717, 1.165) is 44.9 Å². The van der Waals surface area contributed by atoms with Gasteiger partial charge >= 0.3 is 0 Å². The van der Waals surface area contributed by atoms with Crippen LogP contribution in [0.5, 0.6) is 0 Å². The molecule has 6 unspecified atom stereocenters. The molecule has 132 valence electrons. The van der Waals surface area contributed by atoms with Crippen LogP contribution in [0, 0.1) is 29.1 Å². The number of carbonyl (C=O) groups excluding carboxylic acids is 1. The standard InChI is InChI=1S/C20H34O3/c1-3-20-12-11-17(22)15(18(20)13(2)19(20)23)9-10-16(21)14-7-5-4-6-8-14/h13-18,21-22H,3-12H2,1-2H3. The maximum Gasteiger partial charge on any atom is 0.142 e. The largest absolute Gasteiger partial charge is 0.393 e. The molecule has 0 amide bonds. The molecule has 3 fully saturated rings. The molecule has 0 spiro atoms. The molecule has 0 saturated heterocycles. The number of ketones is 1. The zero-order valence-corrected chi connectivity index (χ0v) is 14.8. The summed E-state index contributed by atoms with van der Waals surface area (Å²) >= 11 is 0. The second kappa shape index (κ2) is 6.84. The van der Waals surface area contributed by atoms with Crippen molar-refractivity contribution in [3.63, 3.8) is 0 Å². The lowest BCUT2D eigenvalue weighted by molar-refractivity contribution is -0.180. The number of aliphatic hydroxyl groups excluding tert-OH is 2. The van der Waals surface area contributed by atoms with E-state index in [-0.39, 0.29) is 29.5 Å². The molecule has 0 aromatic rings. The minimum Gasteiger partial charge on any atom is -0.393 e. The number of aliphatic hydroxyl groups is 2. The van der Waals surface area contributed by atoms with Crippen molar-refractivity contribution >= 4 is 5.78 Å². The molecule has 6 atom stereocenters. The Morgan fingerprint density at radius 2 is 1.91 bits per heavy atom. The molecule has 3 nitrogen and oxygen atoms in total. The first kappa shape index (κ1) is 17.4. The van der Waals surface area contributed by atoms with Crippen molar-refractivity contribution in [3.8, 4) is 0 Å². The van der Waals surface area contributed by atoms with Gasteiger partial charge in [-0.2, -0.15) is 0 Å². The Morgan fingerprint density at radius 1 is 1.22 bits per heavy atom. The van der Waals surface area contributed by atoms with Gasteiger partial charge < -0.3 is 10.2 Å². The van der Waals surface area contributed by atoms with E-state index < -0.39 is 0 Å². The third-order valence-electron chi connectivity index (χ3n) is 7.54. The summed E-state index contributed by atoms with van der Waals surface area (Å²) in [5.41, 5.74) is -0.154. The molecule has 3 rings (SSSR count). The predicted molar refractivity (Wildman–Crippen MR) is 90.9 cm³/mol. The van der Waals surface area contributed by atoms with Crippen molar-refractivity contribution in [2.45, 2.75) is 90.3 Å². The van der Waals surface area contributed by atoms with E-state index in [1.807, 2.05) is 6.92 Å². The number of hydrogen-bond acceptors (Lipinski definition) is 3. The average Bonchev–Trinajstić information content (AvgIpc) is 2.60. The van der Waals surface area contributed by atoms with Crippen LogP contribution in [-0.4, -0.2) is 28.2 Å². The highest BCUT2D eigenvalue weighted by Gasteiger charge is 2.63. The van der Waals surface area contributed by atoms with Gasteiger partial charge in [-0.1, -0.05) is 33.1 Å². The Labute approximate surface area is 140 Å². The van der Waals surface area contributed by atoms with E-state index in [0.29, 0.717) is 17.6 Å². The molecule has 0 aromatic heterocycles. The molecule has 3 aliphatic rings. The number of hydrogen-bond donors (Lipinski definition) is 2. The van der Waals surface area contributed by atoms with Crippen LogP contribution in [0.1, 0.15) is 78.1 Å². The fourth-order valence-corrected chi connectivity index (χ4v) is 6.17. The zero-order valence-electron chi connectivity index (χ0n) is 14.8. The fourth-order valence-electron chi connectivity index (χ4n) is 6.17. The van der Waals surface area contributed by atoms with Crippen LogP contribution >= 0.6 is 0 Å². The first-order valence-electron chi connectivity index (χ1n) is 9.91. The van der Waals surface area contributed by atoms with Crippen molar-refractivity contribution in [3.05, 3.63) is 0 Å². The van der Waals surface area contributed by atoms with Gasteiger partial charge in [-0.15, -0.1) is 0 Å². The monoisotopic (exact) mass is 322 g/mol. The maximum absolute atomic E-state index is 12.5. The van der Waals surface area contributed by atoms with Crippen molar-refractivity contribution in [1.82, 2.24) is 0 Å². The van der Waals surface area contributed by atoms with Gasteiger partial charge in [-0.05, 0) is 62.7 Å². The summed E-state index contributed by atoms with van der Waals surface area (Å²) in [7, 11) is 0. The van der Waals surface area contributed by atoms with Gasteiger partial charge in [-0.3, -0.25) is 4.79 Å². The first-order valence-corrected chi connectivity index (χ1v) is 9.91. The molecule has 23 heavy (non-hydrogen) atoms. The van der Waals surface area contributed by atoms with Crippen LogP contribution in [0.4, 0.5) is 0 Å². The molecule has 0 aromatic carbocycles. The van der Waals surface area contributed by atoms with Crippen molar-refractivity contribution in [2.24, 2.45) is 29.1 Å². The highest BCUT2D eigenvalue weighted by atomic mass is 16.3. The van der Waals surface area contributed by atoms with Gasteiger partial charge in [0.1, 0.15) is 5.78 Å². The molecular formula is C20H34O3. The molecule has 0 aliphatic heterocycles. The van der Waals surface area contributed by atoms with Crippen LogP contribution in [0.15, 0.2) is 0 Å². The van der Waals surface area contributed by atoms with Gasteiger partial charge in [-0.25, -0.2) is 0 Å². The van der Waals surface area contributed by atoms with E-state index in [9.17, 15) is 15.0 Å². The zero-order chi connectivity index (χ0) is 16.6. The number of Topliss-reactive ketones (excluding diaryl/α,β-unsaturated/α-hetero) is 1. The van der Waals surface area contributed by atoms with Crippen LogP contribution in [0.25, 0.3) is 0 Å². The van der Waals surface area contributed by atoms with Crippen LogP contribution in [0.2, 0.25) is 0 Å². The van der Waals surface area contributed by atoms with Gasteiger partial charge in [0.25, 0.3) is 0 Å². The summed E-state index contributed by atoms with van der Waals surface area (Å²) in [4.78, 5) is 12.5. The summed E-state index contributed by atoms with van der Waals surface area (Å²) in [5, 5.41) is 21.1. The van der Waals surface area contributed by atoms with Crippen LogP contribution in [-0.2, 0) is 4.79 Å². The Hall–Kier alpha value is -0.410. The molecular weight excluding hydrogens is 288 g/mol. The second-order valence-corrected chi connectivity index (χ2v) is 8.50. The summed E-state index contributed by atoms with van der Waals surface area (Å²) in [5.74, 6) is 1.52. The average molecular weight is 322 g/mol. The Balaban J connectivity index is 1.62. The lowest BCUT2D eigenvalue weighted by Crippen LogP contribution is -2.63. The molecule has 3 heteroatoms. The van der Waals surface area contributed by atoms with Gasteiger partial charge in [0.05, 0.1) is 12.2 Å². The van der Waals surface area contributed by atoms with Crippen LogP contribution in [0.3, 0.4) is 0 Å². The Morgan fingerprint density at radius 3 is 2.57 bits per heavy atom. The second-order valence-electron chi connectivity index (χ2n) is 8.50. The fraction of sp³-hybridized carbons (Fsp3) is 0.950. The number of carbonyl (C=O) groups is 1. The summed E-state index contributed by atoms with van der Waals surface area (Å²) < 4.78 is 0. The van der Waals surface area contributed by atoms with Gasteiger partial charge in [0, 0.05) is 11.3 Å². The van der Waals surface area contributed by atoms with Crippen molar-refractivity contribution in [2.75, 3.05) is 0 Å². The quantitative estimate of drug-likeness (QED) is 0.811. The Kier molecular flexibility index (Phi) is 5.18. The lowest BCUT2D eigenvalue weighted by Gasteiger charge is -2.60. The first-order chi connectivity index (χ1) is 11.0. The minimum atomic E-state index is -0.284. The van der Waals surface area contributed by atoms with Gasteiger partial charge in [0.15, 0.2) is 0 Å². The highest BCUT2D eigenvalue weighted by molar-refractivity contribution is 5.94. The molecule has 2 N–H and O–H groups in total. The Bertz CT molecular complexity index is 429. The SMILES string of the molecule is CCC12CCC(O)C(CCC(O)C3CCCCC3)C1C(C)C2=O. The van der Waals surface area contributed by atoms with Crippen LogP contribution < -0.4 is 0 Å². The summed E-state index contributed by atoms with van der Waals surface area (Å²) in [6, 6.07) is 0. The van der Waals surface area contributed by atoms with E-state index >= 15 is 0 Å². The normalized spacial score (nSPS) is 42.9. The smallest absolute Gasteiger partial charge is 0.142 e. The van der Waals surface area contributed by atoms with E-state index in [4.69, 9.17) is 0 Å². The van der Waals surface area contributed by atoms with Crippen molar-refractivity contribution in [1.29, 1.82) is 0 Å². The third kappa shape index (κ3) is 2.89. The molecule has 0 bridgehead atoms.